The summed E-state index contributed by atoms with van der Waals surface area (Å²) in [7, 11) is 0. The molecule has 0 fully saturated rings. The number of nitrogens with one attached hydrogen (secondary N) is 1. The second-order valence-electron chi connectivity index (χ2n) is 5.13. The summed E-state index contributed by atoms with van der Waals surface area (Å²) in [6, 6.07) is 14.3. The zero-order valence-electron chi connectivity index (χ0n) is 11.7. The second-order valence-corrected chi connectivity index (χ2v) is 6.05. The first-order valence-corrected chi connectivity index (χ1v) is 7.68. The molecule has 4 heteroatoms. The van der Waals surface area contributed by atoms with Crippen LogP contribution in [0.4, 0.5) is 5.69 Å². The number of ether oxygens (including phenoxy) is 1. The van der Waals surface area contributed by atoms with Gasteiger partial charge in [0.25, 0.3) is 0 Å². The molecule has 1 atom stereocenters. The third-order valence-corrected chi connectivity index (χ3v) is 4.18. The van der Waals surface area contributed by atoms with Crippen LogP contribution in [0.1, 0.15) is 29.7 Å². The summed E-state index contributed by atoms with van der Waals surface area (Å²) in [5.41, 5.74) is 3.95. The molecule has 0 radical (unpaired) electrons. The van der Waals surface area contributed by atoms with Gasteiger partial charge in [-0.1, -0.05) is 22.0 Å². The standard InChI is InChI=1S/C17H15BrN2O/c1-11(12-2-5-17-13(8-12)6-7-21-17)20-16-4-3-15(18)9-14(16)10-19/h2-5,8-9,11,20H,6-7H2,1H3. The predicted molar refractivity (Wildman–Crippen MR) is 86.5 cm³/mol. The van der Waals surface area contributed by atoms with E-state index in [1.165, 1.54) is 11.1 Å². The van der Waals surface area contributed by atoms with E-state index in [4.69, 9.17) is 4.74 Å². The Morgan fingerprint density at radius 3 is 2.95 bits per heavy atom. The van der Waals surface area contributed by atoms with Crippen LogP contribution in [0, 0.1) is 11.3 Å². The normalized spacial score (nSPS) is 14.0. The zero-order chi connectivity index (χ0) is 14.8. The lowest BCUT2D eigenvalue weighted by Gasteiger charge is -2.17. The smallest absolute Gasteiger partial charge is 0.122 e. The first-order chi connectivity index (χ1) is 10.2. The number of halogens is 1. The molecule has 1 N–H and O–H groups in total. The highest BCUT2D eigenvalue weighted by molar-refractivity contribution is 9.10. The summed E-state index contributed by atoms with van der Waals surface area (Å²) >= 11 is 3.39. The molecule has 106 valence electrons. The molecule has 0 aliphatic carbocycles. The van der Waals surface area contributed by atoms with Gasteiger partial charge in [0, 0.05) is 16.9 Å². The van der Waals surface area contributed by atoms with Gasteiger partial charge in [-0.3, -0.25) is 0 Å². The van der Waals surface area contributed by atoms with Gasteiger partial charge >= 0.3 is 0 Å². The molecule has 3 rings (SSSR count). The average molecular weight is 343 g/mol. The van der Waals surface area contributed by atoms with Crippen LogP contribution >= 0.6 is 15.9 Å². The van der Waals surface area contributed by atoms with E-state index in [2.05, 4.69) is 46.4 Å². The Hall–Kier alpha value is -1.99. The third-order valence-electron chi connectivity index (χ3n) is 3.69. The summed E-state index contributed by atoms with van der Waals surface area (Å²) in [5.74, 6) is 0.993. The second kappa shape index (κ2) is 5.79. The average Bonchev–Trinajstić information content (AvgIpc) is 2.96. The number of hydrogen-bond acceptors (Lipinski definition) is 3. The molecule has 3 nitrogen and oxygen atoms in total. The quantitative estimate of drug-likeness (QED) is 0.897. The van der Waals surface area contributed by atoms with E-state index in [0.717, 1.165) is 28.9 Å². The maximum absolute atomic E-state index is 9.23. The van der Waals surface area contributed by atoms with Crippen molar-refractivity contribution >= 4 is 21.6 Å². The summed E-state index contributed by atoms with van der Waals surface area (Å²) in [6.07, 6.45) is 0.970. The van der Waals surface area contributed by atoms with Crippen molar-refractivity contribution in [3.8, 4) is 11.8 Å². The lowest BCUT2D eigenvalue weighted by molar-refractivity contribution is 0.357. The molecule has 1 heterocycles. The molecule has 1 aliphatic heterocycles. The Kier molecular flexibility index (Phi) is 3.85. The van der Waals surface area contributed by atoms with Crippen LogP contribution in [0.2, 0.25) is 0 Å². The minimum atomic E-state index is 0.129. The number of nitrogens with zero attached hydrogens (tertiary/aromatic N) is 1. The fourth-order valence-electron chi connectivity index (χ4n) is 2.53. The number of nitriles is 1. The largest absolute Gasteiger partial charge is 0.493 e. The Morgan fingerprint density at radius 1 is 1.29 bits per heavy atom. The van der Waals surface area contributed by atoms with Gasteiger partial charge in [0.1, 0.15) is 11.8 Å². The number of hydrogen-bond donors (Lipinski definition) is 1. The monoisotopic (exact) mass is 342 g/mol. The number of fused-ring (bicyclic) bond motifs is 1. The van der Waals surface area contributed by atoms with Crippen molar-refractivity contribution in [2.45, 2.75) is 19.4 Å². The molecule has 1 unspecified atom stereocenters. The van der Waals surface area contributed by atoms with Crippen molar-refractivity contribution < 1.29 is 4.74 Å². The molecule has 2 aromatic rings. The van der Waals surface area contributed by atoms with E-state index < -0.39 is 0 Å². The molecule has 1 aliphatic rings. The van der Waals surface area contributed by atoms with Crippen molar-refractivity contribution in [3.63, 3.8) is 0 Å². The van der Waals surface area contributed by atoms with Gasteiger partial charge < -0.3 is 10.1 Å². The van der Waals surface area contributed by atoms with Crippen LogP contribution in [0.5, 0.6) is 5.75 Å². The van der Waals surface area contributed by atoms with E-state index >= 15 is 0 Å². The SMILES string of the molecule is CC(Nc1ccc(Br)cc1C#N)c1ccc2c(c1)CCO2. The Morgan fingerprint density at radius 2 is 2.14 bits per heavy atom. The topological polar surface area (TPSA) is 45.0 Å². The molecule has 0 bridgehead atoms. The molecule has 0 saturated heterocycles. The third kappa shape index (κ3) is 2.88. The van der Waals surface area contributed by atoms with Crippen LogP contribution in [-0.4, -0.2) is 6.61 Å². The maximum atomic E-state index is 9.23. The molecule has 0 spiro atoms. The molecule has 0 amide bonds. The first kappa shape index (κ1) is 14.0. The molecule has 2 aromatic carbocycles. The highest BCUT2D eigenvalue weighted by Crippen LogP contribution is 2.30. The number of rotatable bonds is 3. The van der Waals surface area contributed by atoms with Crippen LogP contribution in [0.25, 0.3) is 0 Å². The minimum absolute atomic E-state index is 0.129. The Labute approximate surface area is 132 Å². The lowest BCUT2D eigenvalue weighted by Crippen LogP contribution is -2.08. The predicted octanol–water partition coefficient (Wildman–Crippen LogP) is 4.43. The lowest BCUT2D eigenvalue weighted by atomic mass is 10.0. The summed E-state index contributed by atoms with van der Waals surface area (Å²) in [6.45, 7) is 2.87. The van der Waals surface area contributed by atoms with Crippen molar-refractivity contribution in [2.75, 3.05) is 11.9 Å². The van der Waals surface area contributed by atoms with Crippen molar-refractivity contribution in [2.24, 2.45) is 0 Å². The van der Waals surface area contributed by atoms with Crippen LogP contribution in [0.3, 0.4) is 0 Å². The van der Waals surface area contributed by atoms with E-state index in [-0.39, 0.29) is 6.04 Å². The molecular formula is C17H15BrN2O. The Bertz CT molecular complexity index is 721. The van der Waals surface area contributed by atoms with Crippen molar-refractivity contribution in [3.05, 3.63) is 57.6 Å². The van der Waals surface area contributed by atoms with Gasteiger partial charge in [0.15, 0.2) is 0 Å². The highest BCUT2D eigenvalue weighted by Gasteiger charge is 2.15. The summed E-state index contributed by atoms with van der Waals surface area (Å²) < 4.78 is 6.44. The van der Waals surface area contributed by atoms with Gasteiger partial charge in [0.05, 0.1) is 17.9 Å². The van der Waals surface area contributed by atoms with Gasteiger partial charge in [-0.2, -0.15) is 5.26 Å². The van der Waals surface area contributed by atoms with E-state index in [9.17, 15) is 5.26 Å². The van der Waals surface area contributed by atoms with Crippen molar-refractivity contribution in [1.29, 1.82) is 5.26 Å². The summed E-state index contributed by atoms with van der Waals surface area (Å²) in [5, 5.41) is 12.6. The molecule has 21 heavy (non-hydrogen) atoms. The number of anilines is 1. The highest BCUT2D eigenvalue weighted by atomic mass is 79.9. The fourth-order valence-corrected chi connectivity index (χ4v) is 2.89. The Balaban J connectivity index is 1.84. The van der Waals surface area contributed by atoms with E-state index in [1.54, 1.807) is 0 Å². The van der Waals surface area contributed by atoms with E-state index in [1.807, 2.05) is 24.3 Å². The van der Waals surface area contributed by atoms with Gasteiger partial charge in [-0.05, 0) is 48.4 Å². The maximum Gasteiger partial charge on any atom is 0.122 e. The molecule has 0 aromatic heterocycles. The fraction of sp³-hybridized carbons (Fsp3) is 0.235. The van der Waals surface area contributed by atoms with Gasteiger partial charge in [-0.25, -0.2) is 0 Å². The van der Waals surface area contributed by atoms with Crippen LogP contribution in [-0.2, 0) is 6.42 Å². The summed E-state index contributed by atoms with van der Waals surface area (Å²) in [4.78, 5) is 0. The van der Waals surface area contributed by atoms with Crippen LogP contribution < -0.4 is 10.1 Å². The van der Waals surface area contributed by atoms with E-state index in [0.29, 0.717) is 5.56 Å². The molecular weight excluding hydrogens is 328 g/mol. The zero-order valence-corrected chi connectivity index (χ0v) is 13.3. The minimum Gasteiger partial charge on any atom is -0.493 e. The number of benzene rings is 2. The molecule has 0 saturated carbocycles. The van der Waals surface area contributed by atoms with Gasteiger partial charge in [-0.15, -0.1) is 0 Å². The van der Waals surface area contributed by atoms with Crippen LogP contribution in [0.15, 0.2) is 40.9 Å². The van der Waals surface area contributed by atoms with Gasteiger partial charge in [0.2, 0.25) is 0 Å². The first-order valence-electron chi connectivity index (χ1n) is 6.89. The van der Waals surface area contributed by atoms with Crippen molar-refractivity contribution in [1.82, 2.24) is 0 Å².